The number of aromatic nitrogens is 3. The minimum Gasteiger partial charge on any atom is -0.473 e. The van der Waals surface area contributed by atoms with E-state index in [2.05, 4.69) is 104 Å². The van der Waals surface area contributed by atoms with Gasteiger partial charge in [0.2, 0.25) is 11.8 Å². The number of hydrogen-bond donors (Lipinski definition) is 0. The average molecular weight is 805 g/mol. The summed E-state index contributed by atoms with van der Waals surface area (Å²) >= 11 is 0. The number of nitrogens with zero attached hydrogens (tertiary/aromatic N) is 6. The number of aryl methyl sites for hydroxylation is 1. The Labute approximate surface area is 355 Å². The minimum absolute atomic E-state index is 0.335. The molecular weight excluding hydrogens is 747 g/mol. The molecule has 9 rings (SSSR count). The van der Waals surface area contributed by atoms with Crippen LogP contribution in [-0.2, 0) is 29.6 Å². The van der Waals surface area contributed by atoms with Gasteiger partial charge in [0.1, 0.15) is 18.9 Å². The lowest BCUT2D eigenvalue weighted by molar-refractivity contribution is 0.00578. The maximum atomic E-state index is 6.45. The molecule has 4 aromatic carbocycles. The summed E-state index contributed by atoms with van der Waals surface area (Å²) in [7, 11) is 1.71. The molecule has 11 heteroatoms. The predicted molar refractivity (Wildman–Crippen MR) is 241 cm³/mol. The summed E-state index contributed by atoms with van der Waals surface area (Å²) in [6.07, 6.45) is 1.15. The Balaban J connectivity index is 0.871. The third-order valence-corrected chi connectivity index (χ3v) is 13.1. The van der Waals surface area contributed by atoms with Gasteiger partial charge >= 0.3 is 7.12 Å². The normalized spacial score (nSPS) is 20.5. The van der Waals surface area contributed by atoms with Crippen LogP contribution >= 0.6 is 0 Å². The number of piperidine rings is 1. The lowest BCUT2D eigenvalue weighted by Gasteiger charge is -2.46. The van der Waals surface area contributed by atoms with Gasteiger partial charge < -0.3 is 28.6 Å². The standard InChI is InChI=1S/C49H57BN6O4/c1-35-32-56(39-22-20-38(21-23-39)50-59-48(2,3)49(4,5)60-50)27-26-42(35)54-28-30-55(31-29-54)43-19-13-18-40-45(52-53(6)46(40)43)41-24-25-44(57-33-36-14-9-7-10-15-36)51-47(41)58-34-37-16-11-8-12-17-37/h7-25,35,42H,26-34H2,1-6H3/t35-,42+/m1/s1. The van der Waals surface area contributed by atoms with Gasteiger partial charge in [-0.15, -0.1) is 0 Å². The first-order valence-electron chi connectivity index (χ1n) is 21.5. The third-order valence-electron chi connectivity index (χ3n) is 13.1. The van der Waals surface area contributed by atoms with Gasteiger partial charge in [0.05, 0.1) is 28.0 Å². The van der Waals surface area contributed by atoms with Crippen LogP contribution in [0, 0.1) is 5.92 Å². The zero-order valence-corrected chi connectivity index (χ0v) is 35.9. The molecule has 0 aliphatic carbocycles. The maximum Gasteiger partial charge on any atom is 0.494 e. The van der Waals surface area contributed by atoms with Crippen molar-refractivity contribution in [2.75, 3.05) is 49.1 Å². The van der Waals surface area contributed by atoms with Gasteiger partial charge in [-0.3, -0.25) is 9.58 Å². The molecule has 6 aromatic rings. The molecule has 3 aliphatic rings. The van der Waals surface area contributed by atoms with Crippen molar-refractivity contribution in [3.8, 4) is 23.0 Å². The molecule has 0 bridgehead atoms. The summed E-state index contributed by atoms with van der Waals surface area (Å²) in [5.74, 6) is 1.57. The Morgan fingerprint density at radius 2 is 1.35 bits per heavy atom. The molecule has 60 heavy (non-hydrogen) atoms. The Kier molecular flexibility index (Phi) is 11.1. The molecule has 0 N–H and O–H groups in total. The molecule has 5 heterocycles. The van der Waals surface area contributed by atoms with Gasteiger partial charge in [-0.2, -0.15) is 10.1 Å². The zero-order chi connectivity index (χ0) is 41.4. The molecule has 3 fully saturated rings. The van der Waals surface area contributed by atoms with Crippen molar-refractivity contribution < 1.29 is 18.8 Å². The fourth-order valence-corrected chi connectivity index (χ4v) is 9.05. The van der Waals surface area contributed by atoms with E-state index < -0.39 is 0 Å². The minimum atomic E-state index is -0.344. The van der Waals surface area contributed by atoms with Gasteiger partial charge in [-0.25, -0.2) is 0 Å². The van der Waals surface area contributed by atoms with Crippen LogP contribution in [0.3, 0.4) is 0 Å². The molecule has 0 spiro atoms. The van der Waals surface area contributed by atoms with Crippen LogP contribution in [0.5, 0.6) is 11.8 Å². The number of fused-ring (bicyclic) bond motifs is 1. The first kappa shape index (κ1) is 40.1. The van der Waals surface area contributed by atoms with Crippen molar-refractivity contribution in [3.63, 3.8) is 0 Å². The first-order valence-corrected chi connectivity index (χ1v) is 21.5. The molecule has 0 saturated carbocycles. The van der Waals surface area contributed by atoms with Crippen molar-refractivity contribution in [3.05, 3.63) is 126 Å². The highest BCUT2D eigenvalue weighted by Gasteiger charge is 2.51. The van der Waals surface area contributed by atoms with Crippen molar-refractivity contribution in [2.45, 2.75) is 71.5 Å². The number of piperazine rings is 1. The monoisotopic (exact) mass is 804 g/mol. The third kappa shape index (κ3) is 8.10. The van der Waals surface area contributed by atoms with E-state index in [4.69, 9.17) is 28.9 Å². The Hall–Kier alpha value is -5.36. The van der Waals surface area contributed by atoms with Gasteiger partial charge in [0.25, 0.3) is 0 Å². The van der Waals surface area contributed by atoms with E-state index in [0.29, 0.717) is 36.9 Å². The van der Waals surface area contributed by atoms with Crippen LogP contribution in [0.15, 0.2) is 115 Å². The summed E-state index contributed by atoms with van der Waals surface area (Å²) in [4.78, 5) is 12.7. The molecule has 310 valence electrons. The molecule has 0 radical (unpaired) electrons. The number of hydrogen-bond acceptors (Lipinski definition) is 9. The number of benzene rings is 4. The van der Waals surface area contributed by atoms with Crippen LogP contribution in [0.2, 0.25) is 0 Å². The Morgan fingerprint density at radius 1 is 0.700 bits per heavy atom. The summed E-state index contributed by atoms with van der Waals surface area (Å²) in [6, 6.07) is 40.2. The largest absolute Gasteiger partial charge is 0.494 e. The topological polar surface area (TPSA) is 77.4 Å². The molecule has 3 aliphatic heterocycles. The second-order valence-electron chi connectivity index (χ2n) is 17.7. The molecule has 3 saturated heterocycles. The van der Waals surface area contributed by atoms with Crippen molar-refractivity contribution in [2.24, 2.45) is 13.0 Å². The fraction of sp³-hybridized carbons (Fsp3) is 0.388. The van der Waals surface area contributed by atoms with Crippen LogP contribution in [0.4, 0.5) is 11.4 Å². The lowest BCUT2D eigenvalue weighted by Crippen LogP contribution is -2.56. The summed E-state index contributed by atoms with van der Waals surface area (Å²) < 4.78 is 27.2. The van der Waals surface area contributed by atoms with Crippen LogP contribution in [-0.4, -0.2) is 83.3 Å². The molecule has 0 amide bonds. The van der Waals surface area contributed by atoms with Crippen molar-refractivity contribution >= 4 is 34.9 Å². The van der Waals surface area contributed by atoms with E-state index in [1.807, 2.05) is 72.4 Å². The number of anilines is 2. The van der Waals surface area contributed by atoms with E-state index in [-0.39, 0.29) is 18.3 Å². The van der Waals surface area contributed by atoms with E-state index in [0.717, 1.165) is 84.4 Å². The van der Waals surface area contributed by atoms with Crippen LogP contribution in [0.1, 0.15) is 52.2 Å². The summed E-state index contributed by atoms with van der Waals surface area (Å²) in [6.45, 7) is 17.7. The summed E-state index contributed by atoms with van der Waals surface area (Å²) in [5.41, 5.74) is 7.82. The fourth-order valence-electron chi connectivity index (χ4n) is 9.05. The Morgan fingerprint density at radius 3 is 2.00 bits per heavy atom. The van der Waals surface area contributed by atoms with Gasteiger partial charge in [0.15, 0.2) is 0 Å². The first-order chi connectivity index (χ1) is 29.0. The number of ether oxygens (including phenoxy) is 2. The van der Waals surface area contributed by atoms with E-state index >= 15 is 0 Å². The quantitative estimate of drug-likeness (QED) is 0.121. The number of pyridine rings is 1. The second kappa shape index (κ2) is 16.6. The molecule has 0 unspecified atom stereocenters. The highest BCUT2D eigenvalue weighted by molar-refractivity contribution is 6.62. The number of rotatable bonds is 11. The average Bonchev–Trinajstić information content (AvgIpc) is 3.72. The molecule has 2 aromatic heterocycles. The van der Waals surface area contributed by atoms with E-state index in [1.165, 1.54) is 11.4 Å². The lowest BCUT2D eigenvalue weighted by atomic mass is 9.79. The zero-order valence-electron chi connectivity index (χ0n) is 35.9. The molecule has 10 nitrogen and oxygen atoms in total. The van der Waals surface area contributed by atoms with Crippen LogP contribution < -0.4 is 24.7 Å². The smallest absolute Gasteiger partial charge is 0.473 e. The highest BCUT2D eigenvalue weighted by atomic mass is 16.7. The molecule has 2 atom stereocenters. The second-order valence-corrected chi connectivity index (χ2v) is 17.7. The van der Waals surface area contributed by atoms with Gasteiger partial charge in [0, 0.05) is 69.5 Å². The number of para-hydroxylation sites is 1. The van der Waals surface area contributed by atoms with E-state index in [1.54, 1.807) is 0 Å². The predicted octanol–water partition coefficient (Wildman–Crippen LogP) is 8.13. The van der Waals surface area contributed by atoms with Gasteiger partial charge in [-0.1, -0.05) is 91.9 Å². The van der Waals surface area contributed by atoms with Crippen molar-refractivity contribution in [1.82, 2.24) is 19.7 Å². The highest BCUT2D eigenvalue weighted by Crippen LogP contribution is 2.40. The molecular formula is C49H57BN6O4. The SMILES string of the molecule is C[C@@H]1CN(c2ccc(B3OC(C)(C)C(C)(C)O3)cc2)CC[C@@H]1N1CCN(c2cccc3c(-c4ccc(OCc5ccccc5)nc4OCc4ccccc4)nn(C)c23)CC1. The van der Waals surface area contributed by atoms with Crippen LogP contribution in [0.25, 0.3) is 22.2 Å². The summed E-state index contributed by atoms with van der Waals surface area (Å²) in [5, 5.41) is 6.20. The van der Waals surface area contributed by atoms with E-state index in [9.17, 15) is 0 Å². The van der Waals surface area contributed by atoms with Crippen molar-refractivity contribution in [1.29, 1.82) is 0 Å². The Bertz CT molecular complexity index is 2380. The van der Waals surface area contributed by atoms with Gasteiger partial charge in [-0.05, 0) is 80.9 Å². The maximum absolute atomic E-state index is 6.45.